The summed E-state index contributed by atoms with van der Waals surface area (Å²) in [5, 5.41) is 2.94. The van der Waals surface area contributed by atoms with Crippen molar-refractivity contribution in [3.8, 4) is 0 Å². The number of nitrogens with two attached hydrogens (primary N) is 1. The van der Waals surface area contributed by atoms with Gasteiger partial charge in [-0.3, -0.25) is 9.78 Å². The molecule has 0 bridgehead atoms. The van der Waals surface area contributed by atoms with E-state index in [4.69, 9.17) is 5.73 Å². The molecule has 1 rings (SSSR count). The molecule has 4 heteroatoms. The van der Waals surface area contributed by atoms with Gasteiger partial charge in [0.2, 0.25) is 5.91 Å². The number of nitrogens with zero attached hydrogens (tertiary/aromatic N) is 1. The lowest BCUT2D eigenvalue weighted by atomic mass is 9.74. The standard InChI is InChI=1S/C14H23N3O/c1-10-8-16-7-6-11(10)9-17-12(18)13(2,3)14(4,5)15/h6-8H,9,15H2,1-5H3,(H,17,18). The van der Waals surface area contributed by atoms with Gasteiger partial charge in [-0.05, 0) is 51.8 Å². The van der Waals surface area contributed by atoms with E-state index < -0.39 is 11.0 Å². The van der Waals surface area contributed by atoms with Gasteiger partial charge in [-0.2, -0.15) is 0 Å². The lowest BCUT2D eigenvalue weighted by Gasteiger charge is -2.36. The maximum atomic E-state index is 12.2. The number of carbonyl (C=O) groups excluding carboxylic acids is 1. The molecule has 0 saturated heterocycles. The third-order valence-corrected chi connectivity index (χ3v) is 3.75. The number of amides is 1. The largest absolute Gasteiger partial charge is 0.351 e. The van der Waals surface area contributed by atoms with E-state index in [9.17, 15) is 4.79 Å². The van der Waals surface area contributed by atoms with Crippen molar-refractivity contribution in [1.29, 1.82) is 0 Å². The van der Waals surface area contributed by atoms with Gasteiger partial charge in [0.25, 0.3) is 0 Å². The van der Waals surface area contributed by atoms with Crippen LogP contribution >= 0.6 is 0 Å². The van der Waals surface area contributed by atoms with Gasteiger partial charge in [-0.25, -0.2) is 0 Å². The third-order valence-electron chi connectivity index (χ3n) is 3.75. The summed E-state index contributed by atoms with van der Waals surface area (Å²) in [5.74, 6) is -0.0359. The smallest absolute Gasteiger partial charge is 0.227 e. The van der Waals surface area contributed by atoms with Crippen LogP contribution in [-0.2, 0) is 11.3 Å². The van der Waals surface area contributed by atoms with Gasteiger partial charge in [0.1, 0.15) is 0 Å². The second-order valence-electron chi connectivity index (χ2n) is 5.83. The molecule has 1 heterocycles. The Morgan fingerprint density at radius 3 is 2.50 bits per heavy atom. The van der Waals surface area contributed by atoms with Gasteiger partial charge < -0.3 is 11.1 Å². The van der Waals surface area contributed by atoms with E-state index in [2.05, 4.69) is 10.3 Å². The maximum absolute atomic E-state index is 12.2. The highest BCUT2D eigenvalue weighted by molar-refractivity contribution is 5.83. The van der Waals surface area contributed by atoms with Gasteiger partial charge in [0.15, 0.2) is 0 Å². The van der Waals surface area contributed by atoms with Crippen molar-refractivity contribution in [1.82, 2.24) is 10.3 Å². The summed E-state index contributed by atoms with van der Waals surface area (Å²) >= 11 is 0. The summed E-state index contributed by atoms with van der Waals surface area (Å²) in [4.78, 5) is 16.2. The predicted octanol–water partition coefficient (Wildman–Crippen LogP) is 1.77. The van der Waals surface area contributed by atoms with Crippen LogP contribution in [0.25, 0.3) is 0 Å². The molecule has 1 amide bonds. The van der Waals surface area contributed by atoms with Crippen LogP contribution in [0.1, 0.15) is 38.8 Å². The van der Waals surface area contributed by atoms with Crippen LogP contribution in [0.4, 0.5) is 0 Å². The fourth-order valence-electron chi connectivity index (χ4n) is 1.39. The Balaban J connectivity index is 2.71. The zero-order chi connectivity index (χ0) is 14.0. The molecule has 0 saturated carbocycles. The minimum absolute atomic E-state index is 0.0359. The molecule has 1 aromatic rings. The lowest BCUT2D eigenvalue weighted by molar-refractivity contribution is -0.132. The SMILES string of the molecule is Cc1cnccc1CNC(=O)C(C)(C)C(C)(C)N. The van der Waals surface area contributed by atoms with Crippen LogP contribution < -0.4 is 11.1 Å². The van der Waals surface area contributed by atoms with E-state index >= 15 is 0 Å². The summed E-state index contributed by atoms with van der Waals surface area (Å²) in [5.41, 5.74) is 7.00. The Labute approximate surface area is 109 Å². The highest BCUT2D eigenvalue weighted by atomic mass is 16.2. The van der Waals surface area contributed by atoms with Crippen molar-refractivity contribution < 1.29 is 4.79 Å². The minimum Gasteiger partial charge on any atom is -0.351 e. The monoisotopic (exact) mass is 249 g/mol. The van der Waals surface area contributed by atoms with Gasteiger partial charge in [-0.1, -0.05) is 0 Å². The number of hydrogen-bond acceptors (Lipinski definition) is 3. The summed E-state index contributed by atoms with van der Waals surface area (Å²) < 4.78 is 0. The van der Waals surface area contributed by atoms with Crippen molar-refractivity contribution in [3.63, 3.8) is 0 Å². The molecule has 0 aliphatic heterocycles. The van der Waals surface area contributed by atoms with Gasteiger partial charge in [-0.15, -0.1) is 0 Å². The van der Waals surface area contributed by atoms with E-state index in [1.165, 1.54) is 0 Å². The maximum Gasteiger partial charge on any atom is 0.227 e. The van der Waals surface area contributed by atoms with E-state index in [0.717, 1.165) is 11.1 Å². The Hall–Kier alpha value is -1.42. The lowest BCUT2D eigenvalue weighted by Crippen LogP contribution is -2.55. The molecule has 18 heavy (non-hydrogen) atoms. The molecule has 0 aliphatic rings. The van der Waals surface area contributed by atoms with Crippen molar-refractivity contribution in [3.05, 3.63) is 29.6 Å². The molecule has 0 aliphatic carbocycles. The summed E-state index contributed by atoms with van der Waals surface area (Å²) in [6.07, 6.45) is 3.52. The molecular formula is C14H23N3O. The van der Waals surface area contributed by atoms with Crippen LogP contribution in [-0.4, -0.2) is 16.4 Å². The van der Waals surface area contributed by atoms with Crippen molar-refractivity contribution in [2.75, 3.05) is 0 Å². The number of aryl methyl sites for hydroxylation is 1. The zero-order valence-electron chi connectivity index (χ0n) is 11.9. The van der Waals surface area contributed by atoms with Gasteiger partial charge >= 0.3 is 0 Å². The molecule has 0 spiro atoms. The summed E-state index contributed by atoms with van der Waals surface area (Å²) in [7, 11) is 0. The first-order valence-corrected chi connectivity index (χ1v) is 6.13. The average Bonchev–Trinajstić information content (AvgIpc) is 2.26. The van der Waals surface area contributed by atoms with Crippen LogP contribution in [0.5, 0.6) is 0 Å². The van der Waals surface area contributed by atoms with Gasteiger partial charge in [0.05, 0.1) is 5.41 Å². The Morgan fingerprint density at radius 1 is 1.39 bits per heavy atom. The normalized spacial score (nSPS) is 12.3. The number of hydrogen-bond donors (Lipinski definition) is 2. The topological polar surface area (TPSA) is 68.0 Å². The number of carbonyl (C=O) groups is 1. The van der Waals surface area contributed by atoms with Crippen LogP contribution in [0.15, 0.2) is 18.5 Å². The average molecular weight is 249 g/mol. The second-order valence-corrected chi connectivity index (χ2v) is 5.83. The first-order valence-electron chi connectivity index (χ1n) is 6.13. The van der Waals surface area contributed by atoms with Crippen LogP contribution in [0, 0.1) is 12.3 Å². The van der Waals surface area contributed by atoms with E-state index in [1.807, 2.05) is 40.7 Å². The van der Waals surface area contributed by atoms with E-state index in [0.29, 0.717) is 6.54 Å². The number of aromatic nitrogens is 1. The Morgan fingerprint density at radius 2 is 2.00 bits per heavy atom. The molecule has 0 unspecified atom stereocenters. The second kappa shape index (κ2) is 5.06. The molecule has 100 valence electrons. The molecule has 0 fully saturated rings. The van der Waals surface area contributed by atoms with Crippen LogP contribution in [0.2, 0.25) is 0 Å². The predicted molar refractivity (Wildman–Crippen MR) is 72.9 cm³/mol. The van der Waals surface area contributed by atoms with Gasteiger partial charge in [0, 0.05) is 24.5 Å². The molecule has 3 N–H and O–H groups in total. The quantitative estimate of drug-likeness (QED) is 0.854. The molecule has 0 radical (unpaired) electrons. The summed E-state index contributed by atoms with van der Waals surface area (Å²) in [6.45, 7) is 9.94. The number of pyridine rings is 1. The zero-order valence-corrected chi connectivity index (χ0v) is 11.9. The minimum atomic E-state index is -0.617. The van der Waals surface area contributed by atoms with E-state index in [1.54, 1.807) is 12.4 Å². The highest BCUT2D eigenvalue weighted by Gasteiger charge is 2.40. The summed E-state index contributed by atoms with van der Waals surface area (Å²) in [6, 6.07) is 1.91. The van der Waals surface area contributed by atoms with E-state index in [-0.39, 0.29) is 5.91 Å². The Kier molecular flexibility index (Phi) is 4.12. The highest BCUT2D eigenvalue weighted by Crippen LogP contribution is 2.28. The molecule has 0 aromatic carbocycles. The van der Waals surface area contributed by atoms with Crippen LogP contribution in [0.3, 0.4) is 0 Å². The van der Waals surface area contributed by atoms with Crippen molar-refractivity contribution in [2.45, 2.75) is 46.7 Å². The molecule has 4 nitrogen and oxygen atoms in total. The third kappa shape index (κ3) is 3.07. The fourth-order valence-corrected chi connectivity index (χ4v) is 1.39. The molecule has 0 atom stereocenters. The molecule has 1 aromatic heterocycles. The first-order chi connectivity index (χ1) is 8.16. The fraction of sp³-hybridized carbons (Fsp3) is 0.571. The first kappa shape index (κ1) is 14.6. The van der Waals surface area contributed by atoms with Crippen molar-refractivity contribution >= 4 is 5.91 Å². The molecular weight excluding hydrogens is 226 g/mol. The number of nitrogens with one attached hydrogen (secondary N) is 1. The number of rotatable bonds is 4. The van der Waals surface area contributed by atoms with Crippen molar-refractivity contribution in [2.24, 2.45) is 11.1 Å². The Bertz CT molecular complexity index is 433.